The molecule has 1 aromatic rings. The fraction of sp³-hybridized carbons (Fsp3) is 0.357. The molecule has 0 fully saturated rings. The summed E-state index contributed by atoms with van der Waals surface area (Å²) >= 11 is 0. The normalized spacial score (nSPS) is 9.44. The van der Waals surface area contributed by atoms with Crippen molar-refractivity contribution in [3.05, 3.63) is 17.7 Å². The van der Waals surface area contributed by atoms with Crippen LogP contribution in [-0.2, 0) is 0 Å². The second kappa shape index (κ2) is 6.55. The van der Waals surface area contributed by atoms with E-state index in [0.29, 0.717) is 29.2 Å². The van der Waals surface area contributed by atoms with Crippen LogP contribution in [0, 0.1) is 12.3 Å². The van der Waals surface area contributed by atoms with Crippen molar-refractivity contribution in [2.75, 3.05) is 21.3 Å². The molecular weight excluding hydrogens is 232 g/mol. The van der Waals surface area contributed by atoms with Crippen molar-refractivity contribution >= 4 is 5.78 Å². The van der Waals surface area contributed by atoms with Crippen molar-refractivity contribution in [1.82, 2.24) is 0 Å². The van der Waals surface area contributed by atoms with E-state index in [2.05, 4.69) is 5.92 Å². The van der Waals surface area contributed by atoms with E-state index in [9.17, 15) is 4.79 Å². The van der Waals surface area contributed by atoms with E-state index < -0.39 is 0 Å². The summed E-state index contributed by atoms with van der Waals surface area (Å²) in [4.78, 5) is 12.0. The summed E-state index contributed by atoms with van der Waals surface area (Å²) < 4.78 is 15.5. The molecular formula is C14H16O4. The van der Waals surface area contributed by atoms with Crippen LogP contribution in [0.15, 0.2) is 12.1 Å². The minimum atomic E-state index is -0.0780. The van der Waals surface area contributed by atoms with Gasteiger partial charge in [0.1, 0.15) is 5.75 Å². The molecule has 0 aromatic heterocycles. The molecule has 4 heteroatoms. The number of terminal acetylenes is 1. The summed E-state index contributed by atoms with van der Waals surface area (Å²) in [5.41, 5.74) is 0.449. The van der Waals surface area contributed by atoms with Gasteiger partial charge in [0.15, 0.2) is 17.3 Å². The summed E-state index contributed by atoms with van der Waals surface area (Å²) in [6, 6.07) is 3.23. The smallest absolute Gasteiger partial charge is 0.167 e. The Morgan fingerprint density at radius 2 is 1.67 bits per heavy atom. The van der Waals surface area contributed by atoms with Gasteiger partial charge in [-0.3, -0.25) is 4.79 Å². The highest BCUT2D eigenvalue weighted by molar-refractivity contribution is 5.99. The van der Waals surface area contributed by atoms with E-state index in [1.165, 1.54) is 21.3 Å². The van der Waals surface area contributed by atoms with E-state index >= 15 is 0 Å². The highest BCUT2D eigenvalue weighted by Crippen LogP contribution is 2.35. The summed E-state index contributed by atoms with van der Waals surface area (Å²) in [6.07, 6.45) is 5.83. The molecule has 0 aliphatic rings. The van der Waals surface area contributed by atoms with Crippen LogP contribution in [0.3, 0.4) is 0 Å². The Morgan fingerprint density at radius 1 is 1.11 bits per heavy atom. The maximum absolute atomic E-state index is 12.0. The van der Waals surface area contributed by atoms with Crippen LogP contribution in [0.2, 0.25) is 0 Å². The Labute approximate surface area is 107 Å². The zero-order chi connectivity index (χ0) is 13.5. The van der Waals surface area contributed by atoms with E-state index in [4.69, 9.17) is 20.6 Å². The Kier molecular flexibility index (Phi) is 5.06. The summed E-state index contributed by atoms with van der Waals surface area (Å²) in [5.74, 6) is 3.82. The largest absolute Gasteiger partial charge is 0.496 e. The number of Topliss-reactive ketones (excluding diaryl/α,β-unsaturated/α-hetero) is 1. The average molecular weight is 248 g/mol. The Hall–Kier alpha value is -2.15. The van der Waals surface area contributed by atoms with Crippen LogP contribution < -0.4 is 14.2 Å². The maximum atomic E-state index is 12.0. The van der Waals surface area contributed by atoms with Crippen molar-refractivity contribution in [2.45, 2.75) is 12.8 Å². The van der Waals surface area contributed by atoms with Crippen LogP contribution in [0.5, 0.6) is 17.2 Å². The first-order chi connectivity index (χ1) is 8.67. The molecule has 0 bridgehead atoms. The number of hydrogen-bond acceptors (Lipinski definition) is 4. The van der Waals surface area contributed by atoms with Crippen molar-refractivity contribution in [3.8, 4) is 29.6 Å². The molecule has 1 rings (SSSR count). The van der Waals surface area contributed by atoms with Gasteiger partial charge in [-0.15, -0.1) is 12.3 Å². The van der Waals surface area contributed by atoms with Gasteiger partial charge in [-0.25, -0.2) is 0 Å². The Balaban J connectivity index is 3.17. The van der Waals surface area contributed by atoms with Crippen LogP contribution in [0.4, 0.5) is 0 Å². The lowest BCUT2D eigenvalue weighted by Crippen LogP contribution is -2.03. The van der Waals surface area contributed by atoms with Gasteiger partial charge in [0.25, 0.3) is 0 Å². The molecule has 4 nitrogen and oxygen atoms in total. The quantitative estimate of drug-likeness (QED) is 0.572. The molecule has 96 valence electrons. The zero-order valence-electron chi connectivity index (χ0n) is 10.8. The van der Waals surface area contributed by atoms with Crippen LogP contribution >= 0.6 is 0 Å². The average Bonchev–Trinajstić information content (AvgIpc) is 2.42. The number of carbonyl (C=O) groups is 1. The molecule has 0 unspecified atom stereocenters. The number of methoxy groups -OCH3 is 3. The molecule has 0 spiro atoms. The minimum Gasteiger partial charge on any atom is -0.496 e. The lowest BCUT2D eigenvalue weighted by Gasteiger charge is -2.13. The molecule has 0 atom stereocenters. The third-order valence-corrected chi connectivity index (χ3v) is 2.50. The zero-order valence-corrected chi connectivity index (χ0v) is 10.8. The summed E-state index contributed by atoms with van der Waals surface area (Å²) in [7, 11) is 4.54. The highest BCUT2D eigenvalue weighted by Gasteiger charge is 2.16. The van der Waals surface area contributed by atoms with Gasteiger partial charge in [0.05, 0.1) is 26.9 Å². The molecule has 1 aromatic carbocycles. The van der Waals surface area contributed by atoms with E-state index in [0.717, 1.165) is 0 Å². The molecule has 0 radical (unpaired) electrons. The first kappa shape index (κ1) is 13.9. The van der Waals surface area contributed by atoms with Gasteiger partial charge in [-0.2, -0.15) is 0 Å². The minimum absolute atomic E-state index is 0.0780. The van der Waals surface area contributed by atoms with Gasteiger partial charge in [0, 0.05) is 18.9 Å². The van der Waals surface area contributed by atoms with E-state index in [1.54, 1.807) is 12.1 Å². The molecule has 18 heavy (non-hydrogen) atoms. The third kappa shape index (κ3) is 2.95. The number of carbonyl (C=O) groups excluding carboxylic acids is 1. The fourth-order valence-corrected chi connectivity index (χ4v) is 1.57. The topological polar surface area (TPSA) is 44.8 Å². The van der Waals surface area contributed by atoms with E-state index in [-0.39, 0.29) is 12.2 Å². The second-order valence-corrected chi connectivity index (χ2v) is 3.53. The number of ether oxygens (including phenoxy) is 3. The lowest BCUT2D eigenvalue weighted by molar-refractivity contribution is 0.0981. The standard InChI is InChI=1S/C14H16O4/c1-5-6-7-11(15)10-8-13(17-3)14(18-4)9-12(10)16-2/h1,8-9H,6-7H2,2-4H3. The van der Waals surface area contributed by atoms with Crippen LogP contribution in [0.25, 0.3) is 0 Å². The number of ketones is 1. The van der Waals surface area contributed by atoms with Gasteiger partial charge in [-0.1, -0.05) is 0 Å². The third-order valence-electron chi connectivity index (χ3n) is 2.50. The Morgan fingerprint density at radius 3 is 2.17 bits per heavy atom. The van der Waals surface area contributed by atoms with Crippen molar-refractivity contribution < 1.29 is 19.0 Å². The first-order valence-electron chi connectivity index (χ1n) is 5.44. The molecule has 0 N–H and O–H groups in total. The van der Waals surface area contributed by atoms with Gasteiger partial charge in [0.2, 0.25) is 0 Å². The van der Waals surface area contributed by atoms with Crippen molar-refractivity contribution in [1.29, 1.82) is 0 Å². The van der Waals surface area contributed by atoms with Crippen LogP contribution in [0.1, 0.15) is 23.2 Å². The molecule has 0 aliphatic carbocycles. The predicted octanol–water partition coefficient (Wildman–Crippen LogP) is 2.31. The molecule has 0 aliphatic heterocycles. The number of hydrogen-bond donors (Lipinski definition) is 0. The number of rotatable bonds is 6. The Bertz CT molecular complexity index is 471. The van der Waals surface area contributed by atoms with Gasteiger partial charge >= 0.3 is 0 Å². The SMILES string of the molecule is C#CCCC(=O)c1cc(OC)c(OC)cc1OC. The summed E-state index contributed by atoms with van der Waals surface area (Å²) in [5, 5.41) is 0. The predicted molar refractivity (Wildman–Crippen MR) is 68.5 cm³/mol. The second-order valence-electron chi connectivity index (χ2n) is 3.53. The molecule has 0 saturated carbocycles. The van der Waals surface area contributed by atoms with Crippen molar-refractivity contribution in [3.63, 3.8) is 0 Å². The molecule has 0 amide bonds. The van der Waals surface area contributed by atoms with E-state index in [1.807, 2.05) is 0 Å². The summed E-state index contributed by atoms with van der Waals surface area (Å²) in [6.45, 7) is 0. The molecule has 0 heterocycles. The monoisotopic (exact) mass is 248 g/mol. The van der Waals surface area contributed by atoms with Gasteiger partial charge < -0.3 is 14.2 Å². The fourth-order valence-electron chi connectivity index (χ4n) is 1.57. The maximum Gasteiger partial charge on any atom is 0.167 e. The van der Waals surface area contributed by atoms with Crippen molar-refractivity contribution in [2.24, 2.45) is 0 Å². The van der Waals surface area contributed by atoms with Gasteiger partial charge in [-0.05, 0) is 6.07 Å². The lowest BCUT2D eigenvalue weighted by atomic mass is 10.0. The first-order valence-corrected chi connectivity index (χ1v) is 5.44. The highest BCUT2D eigenvalue weighted by atomic mass is 16.5. The number of benzene rings is 1. The molecule has 0 saturated heterocycles. The van der Waals surface area contributed by atoms with Crippen LogP contribution in [-0.4, -0.2) is 27.1 Å².